The number of aromatic amines is 1. The quantitative estimate of drug-likeness (QED) is 0.692. The maximum atomic E-state index is 12.6. The first kappa shape index (κ1) is 23.3. The molecule has 0 spiro atoms. The number of nitrogens with two attached hydrogens (primary N) is 1. The molecule has 1 aliphatic heterocycles. The highest BCUT2D eigenvalue weighted by Crippen LogP contribution is 2.21. The molecule has 26 heavy (non-hydrogen) atoms. The van der Waals surface area contributed by atoms with Gasteiger partial charge in [-0.3, -0.25) is 4.79 Å². The lowest BCUT2D eigenvalue weighted by Crippen LogP contribution is -2.37. The molecule has 1 aliphatic rings. The van der Waals surface area contributed by atoms with E-state index in [2.05, 4.69) is 4.98 Å². The van der Waals surface area contributed by atoms with E-state index in [9.17, 15) is 13.2 Å². The van der Waals surface area contributed by atoms with Crippen molar-refractivity contribution in [3.8, 4) is 0 Å². The van der Waals surface area contributed by atoms with Crippen LogP contribution in [-0.4, -0.2) is 72.7 Å². The Morgan fingerprint density at radius 1 is 1.38 bits per heavy atom. The summed E-state index contributed by atoms with van der Waals surface area (Å²) in [5, 5.41) is 0. The van der Waals surface area contributed by atoms with Crippen molar-refractivity contribution in [2.45, 2.75) is 31.2 Å². The van der Waals surface area contributed by atoms with Crippen molar-refractivity contribution in [2.75, 3.05) is 38.2 Å². The van der Waals surface area contributed by atoms with Crippen LogP contribution in [0.2, 0.25) is 0 Å². The van der Waals surface area contributed by atoms with Gasteiger partial charge in [0.1, 0.15) is 10.6 Å². The number of nitrogens with one attached hydrogen (secondary N) is 1. The van der Waals surface area contributed by atoms with Crippen LogP contribution in [0, 0.1) is 5.92 Å². The second-order valence-corrected chi connectivity index (χ2v) is 9.85. The van der Waals surface area contributed by atoms with Crippen molar-refractivity contribution >= 4 is 40.1 Å². The fraction of sp³-hybridized carbons (Fsp3) is 0.688. The number of hydrogen-bond acceptors (Lipinski definition) is 5. The number of H-pyrrole nitrogens is 1. The molecule has 1 unspecified atom stereocenters. The molecule has 2 rings (SSSR count). The summed E-state index contributed by atoms with van der Waals surface area (Å²) in [5.74, 6) is 1.72. The Morgan fingerprint density at radius 2 is 2.00 bits per heavy atom. The number of carbonyl (C=O) groups excluding carboxylic acids is 1. The first-order valence-electron chi connectivity index (χ1n) is 8.51. The molecule has 7 nitrogen and oxygen atoms in total. The molecule has 0 saturated carbocycles. The summed E-state index contributed by atoms with van der Waals surface area (Å²) >= 11 is 1.75. The Morgan fingerprint density at radius 3 is 2.58 bits per heavy atom. The predicted octanol–water partition coefficient (Wildman–Crippen LogP) is 1.62. The van der Waals surface area contributed by atoms with E-state index in [1.54, 1.807) is 23.7 Å². The van der Waals surface area contributed by atoms with Gasteiger partial charge in [-0.25, -0.2) is 8.42 Å². The van der Waals surface area contributed by atoms with Crippen molar-refractivity contribution in [2.24, 2.45) is 11.7 Å². The van der Waals surface area contributed by atoms with Gasteiger partial charge in [-0.15, -0.1) is 12.4 Å². The lowest BCUT2D eigenvalue weighted by molar-refractivity contribution is 0.0784. The Bertz CT molecular complexity index is 687. The maximum Gasteiger partial charge on any atom is 0.270 e. The van der Waals surface area contributed by atoms with Crippen LogP contribution in [-0.2, 0) is 10.0 Å². The second-order valence-electron chi connectivity index (χ2n) is 6.69. The van der Waals surface area contributed by atoms with Crippen LogP contribution >= 0.6 is 24.2 Å². The lowest BCUT2D eigenvalue weighted by Gasteiger charge is -2.25. The highest BCUT2D eigenvalue weighted by atomic mass is 35.5. The number of rotatable bonds is 7. The zero-order valence-corrected chi connectivity index (χ0v) is 17.9. The number of thioether (sulfide) groups is 1. The summed E-state index contributed by atoms with van der Waals surface area (Å²) in [5.41, 5.74) is 6.30. The molecule has 0 aliphatic carbocycles. The highest BCUT2D eigenvalue weighted by Gasteiger charge is 2.28. The molecular weight excluding hydrogens is 396 g/mol. The minimum absolute atomic E-state index is 0. The number of halogens is 1. The minimum Gasteiger partial charge on any atom is -0.356 e. The van der Waals surface area contributed by atoms with Gasteiger partial charge in [0.05, 0.1) is 0 Å². The predicted molar refractivity (Wildman–Crippen MR) is 109 cm³/mol. The van der Waals surface area contributed by atoms with Crippen LogP contribution in [0.25, 0.3) is 0 Å². The molecule has 1 atom stereocenters. The van der Waals surface area contributed by atoms with Gasteiger partial charge in [0.2, 0.25) is 10.0 Å². The van der Waals surface area contributed by atoms with Crippen molar-refractivity contribution < 1.29 is 13.2 Å². The average Bonchev–Trinajstić information content (AvgIpc) is 3.10. The summed E-state index contributed by atoms with van der Waals surface area (Å²) in [4.78, 5) is 17.0. The minimum atomic E-state index is -3.54. The molecule has 1 amide bonds. The summed E-state index contributed by atoms with van der Waals surface area (Å²) in [6.07, 6.45) is 2.11. The fourth-order valence-electron chi connectivity index (χ4n) is 2.57. The van der Waals surface area contributed by atoms with E-state index in [0.29, 0.717) is 32.0 Å². The number of aromatic nitrogens is 1. The molecule has 2 heterocycles. The molecule has 1 aromatic heterocycles. The number of amides is 1. The molecule has 0 aromatic carbocycles. The number of carbonyl (C=O) groups is 1. The molecule has 150 valence electrons. The molecule has 10 heteroatoms. The molecule has 0 radical (unpaired) electrons. The summed E-state index contributed by atoms with van der Waals surface area (Å²) < 4.78 is 26.8. The van der Waals surface area contributed by atoms with Gasteiger partial charge < -0.3 is 15.6 Å². The zero-order chi connectivity index (χ0) is 18.6. The third-order valence-corrected chi connectivity index (χ3v) is 7.31. The van der Waals surface area contributed by atoms with Gasteiger partial charge in [0, 0.05) is 50.4 Å². The Kier molecular flexibility index (Phi) is 8.95. The molecule has 1 saturated heterocycles. The lowest BCUT2D eigenvalue weighted by atomic mass is 10.0. The SMILES string of the molecule is CC(C)C(N)CCN(C)C(=O)c1cc(S(=O)(=O)N2CCSCC2)c[nH]1.Cl. The van der Waals surface area contributed by atoms with E-state index < -0.39 is 10.0 Å². The third kappa shape index (κ3) is 5.63. The molecular formula is C16H29ClN4O3S2. The van der Waals surface area contributed by atoms with Gasteiger partial charge in [-0.1, -0.05) is 13.8 Å². The summed E-state index contributed by atoms with van der Waals surface area (Å²) in [6, 6.07) is 1.46. The fourth-order valence-corrected chi connectivity index (χ4v) is 5.14. The van der Waals surface area contributed by atoms with Gasteiger partial charge in [0.15, 0.2) is 0 Å². The molecule has 3 N–H and O–H groups in total. The van der Waals surface area contributed by atoms with Crippen LogP contribution in [0.3, 0.4) is 0 Å². The van der Waals surface area contributed by atoms with Gasteiger partial charge >= 0.3 is 0 Å². The van der Waals surface area contributed by atoms with E-state index in [1.807, 2.05) is 13.8 Å². The summed E-state index contributed by atoms with van der Waals surface area (Å²) in [7, 11) is -1.84. The van der Waals surface area contributed by atoms with Crippen LogP contribution in [0.4, 0.5) is 0 Å². The first-order chi connectivity index (χ1) is 11.7. The van der Waals surface area contributed by atoms with Crippen molar-refractivity contribution in [1.82, 2.24) is 14.2 Å². The van der Waals surface area contributed by atoms with E-state index in [1.165, 1.54) is 16.6 Å². The zero-order valence-electron chi connectivity index (χ0n) is 15.5. The van der Waals surface area contributed by atoms with E-state index in [-0.39, 0.29) is 34.9 Å². The van der Waals surface area contributed by atoms with Crippen molar-refractivity contribution in [3.05, 3.63) is 18.0 Å². The van der Waals surface area contributed by atoms with E-state index in [4.69, 9.17) is 5.73 Å². The van der Waals surface area contributed by atoms with Crippen LogP contribution < -0.4 is 5.73 Å². The molecule has 1 aromatic rings. The largest absolute Gasteiger partial charge is 0.356 e. The average molecular weight is 425 g/mol. The topological polar surface area (TPSA) is 99.5 Å². The van der Waals surface area contributed by atoms with Crippen LogP contribution in [0.15, 0.2) is 17.2 Å². The monoisotopic (exact) mass is 424 g/mol. The highest BCUT2D eigenvalue weighted by molar-refractivity contribution is 7.99. The van der Waals surface area contributed by atoms with Gasteiger partial charge in [-0.05, 0) is 18.4 Å². The van der Waals surface area contributed by atoms with Crippen molar-refractivity contribution in [1.29, 1.82) is 0 Å². The normalized spacial score (nSPS) is 17.0. The smallest absolute Gasteiger partial charge is 0.270 e. The van der Waals surface area contributed by atoms with Crippen LogP contribution in [0.1, 0.15) is 30.8 Å². The second kappa shape index (κ2) is 9.98. The van der Waals surface area contributed by atoms with E-state index >= 15 is 0 Å². The Hall–Kier alpha value is -0.740. The first-order valence-corrected chi connectivity index (χ1v) is 11.1. The maximum absolute atomic E-state index is 12.6. The van der Waals surface area contributed by atoms with Gasteiger partial charge in [-0.2, -0.15) is 16.1 Å². The Balaban J connectivity index is 0.00000338. The molecule has 0 bridgehead atoms. The third-order valence-electron chi connectivity index (χ3n) is 4.50. The van der Waals surface area contributed by atoms with Crippen molar-refractivity contribution in [3.63, 3.8) is 0 Å². The van der Waals surface area contributed by atoms with Crippen LogP contribution in [0.5, 0.6) is 0 Å². The number of hydrogen-bond donors (Lipinski definition) is 2. The summed E-state index contributed by atoms with van der Waals surface area (Å²) in [6.45, 7) is 5.65. The number of nitrogens with zero attached hydrogens (tertiary/aromatic N) is 2. The number of sulfonamides is 1. The van der Waals surface area contributed by atoms with Gasteiger partial charge in [0.25, 0.3) is 5.91 Å². The standard InChI is InChI=1S/C16H28N4O3S2.ClH/c1-12(2)14(17)4-5-19(3)16(21)15-10-13(11-18-15)25(22,23)20-6-8-24-9-7-20;/h10-12,14,18H,4-9,17H2,1-3H3;1H. The van der Waals surface area contributed by atoms with E-state index in [0.717, 1.165) is 11.5 Å². The molecule has 1 fully saturated rings. The Labute approximate surface area is 166 Å².